The van der Waals surface area contributed by atoms with Gasteiger partial charge in [0.25, 0.3) is 0 Å². The van der Waals surface area contributed by atoms with Gasteiger partial charge in [-0.15, -0.1) is 24.0 Å². The third-order valence-corrected chi connectivity index (χ3v) is 5.87. The van der Waals surface area contributed by atoms with Crippen LogP contribution in [0.25, 0.3) is 0 Å². The van der Waals surface area contributed by atoms with Gasteiger partial charge in [-0.05, 0) is 36.8 Å². The van der Waals surface area contributed by atoms with Crippen LogP contribution in [0.2, 0.25) is 0 Å². The predicted molar refractivity (Wildman–Crippen MR) is 131 cm³/mol. The molecule has 2 aromatic rings. The van der Waals surface area contributed by atoms with E-state index < -0.39 is 10.0 Å². The summed E-state index contributed by atoms with van der Waals surface area (Å²) in [5.41, 5.74) is 2.12. The molecule has 0 saturated heterocycles. The van der Waals surface area contributed by atoms with Crippen LogP contribution >= 0.6 is 24.0 Å². The maximum atomic E-state index is 12.2. The van der Waals surface area contributed by atoms with Gasteiger partial charge in [0.1, 0.15) is 0 Å². The van der Waals surface area contributed by atoms with Crippen LogP contribution < -0.4 is 10.0 Å². The molecule has 1 heterocycles. The normalized spacial score (nSPS) is 11.8. The Morgan fingerprint density at radius 2 is 1.93 bits per heavy atom. The van der Waals surface area contributed by atoms with E-state index in [1.165, 1.54) is 12.8 Å². The lowest BCUT2D eigenvalue weighted by molar-refractivity contribution is 0.204. The highest BCUT2D eigenvalue weighted by atomic mass is 127. The number of hydrogen-bond donors (Lipinski definition) is 2. The van der Waals surface area contributed by atoms with Gasteiger partial charge >= 0.3 is 0 Å². The monoisotopic (exact) mass is 549 g/mol. The summed E-state index contributed by atoms with van der Waals surface area (Å²) in [7, 11) is 2.02. The Balaban J connectivity index is 0.00000450. The van der Waals surface area contributed by atoms with Gasteiger partial charge in [-0.2, -0.15) is 0 Å². The quantitative estimate of drug-likeness (QED) is 0.205. The molecule has 0 amide bonds. The van der Waals surface area contributed by atoms with Crippen LogP contribution in [-0.2, 0) is 34.9 Å². The SMILES string of the molecule is CCNC(=NCc1ccc(S(=O)(=O)NCCOC)cc1)N(C)Cc1cccn1C.I. The zero-order valence-electron chi connectivity index (χ0n) is 18.0. The summed E-state index contributed by atoms with van der Waals surface area (Å²) < 4.78 is 33.9. The molecule has 0 spiro atoms. The van der Waals surface area contributed by atoms with E-state index >= 15 is 0 Å². The van der Waals surface area contributed by atoms with Crippen LogP contribution in [0.5, 0.6) is 0 Å². The smallest absolute Gasteiger partial charge is 0.240 e. The molecule has 0 atom stereocenters. The first kappa shape index (κ1) is 26.4. The Morgan fingerprint density at radius 3 is 2.50 bits per heavy atom. The van der Waals surface area contributed by atoms with Crippen LogP contribution in [0.3, 0.4) is 0 Å². The number of halogens is 1. The van der Waals surface area contributed by atoms with Crippen LogP contribution in [0, 0.1) is 0 Å². The number of aromatic nitrogens is 1. The fourth-order valence-corrected chi connectivity index (χ4v) is 3.76. The molecule has 0 aliphatic heterocycles. The standard InChI is InChI=1S/C20H31N5O3S.HI/c1-5-21-20(25(3)16-18-7-6-13-24(18)2)22-15-17-8-10-19(11-9-17)29(26,27)23-12-14-28-4;/h6-11,13,23H,5,12,14-16H2,1-4H3,(H,21,22);1H. The van der Waals surface area contributed by atoms with E-state index in [0.29, 0.717) is 13.2 Å². The van der Waals surface area contributed by atoms with Crippen molar-refractivity contribution in [3.63, 3.8) is 0 Å². The third kappa shape index (κ3) is 7.89. The summed E-state index contributed by atoms with van der Waals surface area (Å²) in [5.74, 6) is 0.798. The van der Waals surface area contributed by atoms with Gasteiger partial charge in [-0.1, -0.05) is 12.1 Å². The molecule has 30 heavy (non-hydrogen) atoms. The van der Waals surface area contributed by atoms with Crippen molar-refractivity contribution in [2.75, 3.05) is 33.9 Å². The molecule has 1 aromatic heterocycles. The topological polar surface area (TPSA) is 88.0 Å². The number of nitrogens with zero attached hydrogens (tertiary/aromatic N) is 3. The van der Waals surface area contributed by atoms with Crippen molar-refractivity contribution in [3.8, 4) is 0 Å². The molecule has 0 radical (unpaired) electrons. The number of hydrogen-bond acceptors (Lipinski definition) is 4. The van der Waals surface area contributed by atoms with E-state index in [2.05, 4.69) is 30.6 Å². The first-order valence-electron chi connectivity index (χ1n) is 9.54. The summed E-state index contributed by atoms with van der Waals surface area (Å²) in [6.45, 7) is 4.56. The minimum atomic E-state index is -3.52. The van der Waals surface area contributed by atoms with Crippen LogP contribution in [0.4, 0.5) is 0 Å². The largest absolute Gasteiger partial charge is 0.383 e. The highest BCUT2D eigenvalue weighted by Crippen LogP contribution is 2.12. The first-order valence-corrected chi connectivity index (χ1v) is 11.0. The lowest BCUT2D eigenvalue weighted by Gasteiger charge is -2.22. The van der Waals surface area contributed by atoms with E-state index in [9.17, 15) is 8.42 Å². The lowest BCUT2D eigenvalue weighted by atomic mass is 10.2. The number of nitrogens with one attached hydrogen (secondary N) is 2. The molecule has 8 nitrogen and oxygen atoms in total. The van der Waals surface area contributed by atoms with Crippen molar-refractivity contribution in [2.24, 2.45) is 12.0 Å². The van der Waals surface area contributed by atoms with Gasteiger partial charge in [0.2, 0.25) is 10.0 Å². The molecule has 2 rings (SSSR count). The molecule has 0 aliphatic carbocycles. The predicted octanol–water partition coefficient (Wildman–Crippen LogP) is 2.17. The lowest BCUT2D eigenvalue weighted by Crippen LogP contribution is -2.38. The van der Waals surface area contributed by atoms with Crippen LogP contribution in [0.1, 0.15) is 18.2 Å². The third-order valence-electron chi connectivity index (χ3n) is 4.39. The number of benzene rings is 1. The number of aryl methyl sites for hydroxylation is 1. The summed E-state index contributed by atoms with van der Waals surface area (Å²) in [6, 6.07) is 10.9. The second kappa shape index (κ2) is 12.9. The Bertz CT molecular complexity index is 897. The summed E-state index contributed by atoms with van der Waals surface area (Å²) in [4.78, 5) is 6.98. The number of sulfonamides is 1. The van der Waals surface area contributed by atoms with E-state index in [-0.39, 0.29) is 35.4 Å². The fraction of sp³-hybridized carbons (Fsp3) is 0.450. The van der Waals surface area contributed by atoms with Crippen molar-refractivity contribution >= 4 is 40.0 Å². The Morgan fingerprint density at radius 1 is 1.23 bits per heavy atom. The van der Waals surface area contributed by atoms with E-state index in [1.54, 1.807) is 24.3 Å². The van der Waals surface area contributed by atoms with Gasteiger partial charge in [-0.3, -0.25) is 0 Å². The number of rotatable bonds is 10. The van der Waals surface area contributed by atoms with E-state index in [4.69, 9.17) is 4.74 Å². The molecule has 168 valence electrons. The minimum Gasteiger partial charge on any atom is -0.383 e. The number of methoxy groups -OCH3 is 1. The highest BCUT2D eigenvalue weighted by Gasteiger charge is 2.13. The van der Waals surface area contributed by atoms with Gasteiger partial charge < -0.3 is 19.5 Å². The molecular weight excluding hydrogens is 517 g/mol. The molecule has 0 saturated carbocycles. The fourth-order valence-electron chi connectivity index (χ4n) is 2.75. The first-order chi connectivity index (χ1) is 13.9. The molecule has 0 bridgehead atoms. The molecule has 2 N–H and O–H groups in total. The maximum absolute atomic E-state index is 12.2. The maximum Gasteiger partial charge on any atom is 0.240 e. The number of guanidine groups is 1. The minimum absolute atomic E-state index is 0. The second-order valence-electron chi connectivity index (χ2n) is 6.67. The van der Waals surface area contributed by atoms with E-state index in [1.807, 2.05) is 33.3 Å². The van der Waals surface area contributed by atoms with Crippen molar-refractivity contribution in [2.45, 2.75) is 24.9 Å². The summed E-state index contributed by atoms with van der Waals surface area (Å²) >= 11 is 0. The molecule has 0 aliphatic rings. The van der Waals surface area contributed by atoms with E-state index in [0.717, 1.165) is 24.6 Å². The highest BCUT2D eigenvalue weighted by molar-refractivity contribution is 14.0. The summed E-state index contributed by atoms with van der Waals surface area (Å²) in [6.07, 6.45) is 2.02. The number of ether oxygens (including phenoxy) is 1. The molecular formula is C20H32IN5O3S. The molecule has 0 unspecified atom stereocenters. The van der Waals surface area contributed by atoms with Crippen molar-refractivity contribution in [1.82, 2.24) is 19.5 Å². The van der Waals surface area contributed by atoms with Crippen molar-refractivity contribution in [1.29, 1.82) is 0 Å². The Hall–Kier alpha value is -1.63. The van der Waals surface area contributed by atoms with Gasteiger partial charge in [0.15, 0.2) is 5.96 Å². The zero-order chi connectivity index (χ0) is 21.3. The average molecular weight is 549 g/mol. The molecule has 0 fully saturated rings. The number of aliphatic imine (C=N–C) groups is 1. The van der Waals surface area contributed by atoms with Crippen molar-refractivity contribution in [3.05, 3.63) is 53.9 Å². The van der Waals surface area contributed by atoms with Crippen LogP contribution in [-0.4, -0.2) is 57.7 Å². The van der Waals surface area contributed by atoms with Gasteiger partial charge in [0, 0.05) is 46.2 Å². The van der Waals surface area contributed by atoms with Gasteiger partial charge in [-0.25, -0.2) is 18.1 Å². The Labute approximate surface area is 196 Å². The molecule has 10 heteroatoms. The van der Waals surface area contributed by atoms with Gasteiger partial charge in [0.05, 0.1) is 24.6 Å². The van der Waals surface area contributed by atoms with Crippen LogP contribution in [0.15, 0.2) is 52.5 Å². The Kier molecular flexibility index (Phi) is 11.4. The summed E-state index contributed by atoms with van der Waals surface area (Å²) in [5, 5.41) is 3.30. The molecule has 1 aromatic carbocycles. The zero-order valence-corrected chi connectivity index (χ0v) is 21.1. The average Bonchev–Trinajstić information content (AvgIpc) is 3.10. The second-order valence-corrected chi connectivity index (χ2v) is 8.44. The van der Waals surface area contributed by atoms with Crippen molar-refractivity contribution < 1.29 is 13.2 Å².